The molecule has 0 aliphatic carbocycles. The lowest BCUT2D eigenvalue weighted by atomic mass is 9.87. The average molecular weight is 490 g/mol. The number of hydrogen-bond acceptors (Lipinski definition) is 5. The van der Waals surface area contributed by atoms with Gasteiger partial charge >= 0.3 is 5.97 Å². The zero-order chi connectivity index (χ0) is 23.5. The maximum absolute atomic E-state index is 15.2. The third-order valence-corrected chi connectivity index (χ3v) is 6.68. The first-order valence-electron chi connectivity index (χ1n) is 11.6. The Morgan fingerprint density at radius 3 is 2.41 bits per heavy atom. The zero-order valence-corrected chi connectivity index (χ0v) is 20.5. The van der Waals surface area contributed by atoms with Crippen molar-refractivity contribution in [1.29, 1.82) is 0 Å². The quantitative estimate of drug-likeness (QED) is 0.495. The molecule has 8 heteroatoms. The summed E-state index contributed by atoms with van der Waals surface area (Å²) in [6.45, 7) is 5.85. The normalized spacial score (nSPS) is 23.9. The van der Waals surface area contributed by atoms with Gasteiger partial charge in [-0.1, -0.05) is 42.0 Å². The van der Waals surface area contributed by atoms with Crippen molar-refractivity contribution in [3.05, 3.63) is 65.2 Å². The molecule has 2 N–H and O–H groups in total. The minimum absolute atomic E-state index is 0. The van der Waals surface area contributed by atoms with Crippen molar-refractivity contribution < 1.29 is 18.7 Å². The Bertz CT molecular complexity index is 984. The summed E-state index contributed by atoms with van der Waals surface area (Å²) in [6, 6.07) is 14.3. The first kappa shape index (κ1) is 26.1. The maximum atomic E-state index is 15.2. The molecule has 2 heterocycles. The first-order chi connectivity index (χ1) is 15.8. The van der Waals surface area contributed by atoms with Crippen LogP contribution in [0.5, 0.6) is 5.75 Å². The van der Waals surface area contributed by atoms with Crippen molar-refractivity contribution in [1.82, 2.24) is 9.80 Å². The number of amides is 1. The van der Waals surface area contributed by atoms with Crippen LogP contribution in [0.4, 0.5) is 4.39 Å². The molecule has 0 unspecified atom stereocenters. The molecule has 2 aliphatic rings. The van der Waals surface area contributed by atoms with Crippen LogP contribution in [0.25, 0.3) is 0 Å². The van der Waals surface area contributed by atoms with Gasteiger partial charge in [-0.05, 0) is 56.5 Å². The highest BCUT2D eigenvalue weighted by atomic mass is 35.5. The summed E-state index contributed by atoms with van der Waals surface area (Å²) in [5, 5.41) is 0. The van der Waals surface area contributed by atoms with Crippen LogP contribution < -0.4 is 10.5 Å². The summed E-state index contributed by atoms with van der Waals surface area (Å²) in [5.41, 5.74) is 8.71. The number of nitrogens with two attached hydrogens (primary N) is 1. The van der Waals surface area contributed by atoms with Crippen molar-refractivity contribution in [3.8, 4) is 5.75 Å². The van der Waals surface area contributed by atoms with Crippen molar-refractivity contribution in [2.24, 2.45) is 5.73 Å². The molecule has 2 saturated heterocycles. The largest absolute Gasteiger partial charge is 0.425 e. The average Bonchev–Trinajstić information content (AvgIpc) is 3.16. The van der Waals surface area contributed by atoms with Crippen LogP contribution >= 0.6 is 12.4 Å². The number of nitrogens with zero attached hydrogens (tertiary/aromatic N) is 2. The Morgan fingerprint density at radius 2 is 1.79 bits per heavy atom. The minimum Gasteiger partial charge on any atom is -0.425 e. The lowest BCUT2D eigenvalue weighted by Crippen LogP contribution is -2.49. The van der Waals surface area contributed by atoms with E-state index in [0.29, 0.717) is 31.8 Å². The fraction of sp³-hybridized carbons (Fsp3) is 0.462. The molecule has 0 saturated carbocycles. The van der Waals surface area contributed by atoms with E-state index in [1.54, 1.807) is 31.2 Å². The Hall–Kier alpha value is -2.48. The lowest BCUT2D eigenvalue weighted by molar-refractivity contribution is -0.135. The smallest absolute Gasteiger partial charge is 0.328 e. The molecule has 0 aromatic heterocycles. The summed E-state index contributed by atoms with van der Waals surface area (Å²) < 4.78 is 20.4. The second kappa shape index (κ2) is 11.3. The van der Waals surface area contributed by atoms with E-state index in [1.807, 2.05) is 16.7 Å². The number of benzene rings is 2. The van der Waals surface area contributed by atoms with Gasteiger partial charge in [-0.25, -0.2) is 9.18 Å². The fourth-order valence-corrected chi connectivity index (χ4v) is 4.71. The standard InChI is InChI=1S/C26H32FN3O3.ClH/c1-17-3-5-19(6-4-17)15-30-14-12-24(25(30)31)29-13-11-22(23(27)16-29)20-7-9-21(10-8-20)33-26(32)18(2)28;/h3-10,18,22-24H,11-16,28H2,1-2H3;1H/t18-,22-,23+,24+;/m0./s1. The number of hydrogen-bond donors (Lipinski definition) is 1. The molecule has 2 aromatic carbocycles. The fourth-order valence-electron chi connectivity index (χ4n) is 4.71. The summed E-state index contributed by atoms with van der Waals surface area (Å²) in [5.74, 6) is -0.239. The van der Waals surface area contributed by atoms with Crippen LogP contribution in [0.3, 0.4) is 0 Å². The number of alkyl halides is 1. The second-order valence-corrected chi connectivity index (χ2v) is 9.23. The van der Waals surface area contributed by atoms with Crippen molar-refractivity contribution >= 4 is 24.3 Å². The molecule has 4 rings (SSSR count). The zero-order valence-electron chi connectivity index (χ0n) is 19.7. The van der Waals surface area contributed by atoms with Gasteiger partial charge in [-0.15, -0.1) is 12.4 Å². The summed E-state index contributed by atoms with van der Waals surface area (Å²) in [7, 11) is 0. The lowest BCUT2D eigenvalue weighted by Gasteiger charge is -2.37. The molecule has 6 nitrogen and oxygen atoms in total. The second-order valence-electron chi connectivity index (χ2n) is 9.23. The van der Waals surface area contributed by atoms with Crippen LogP contribution in [0.2, 0.25) is 0 Å². The van der Waals surface area contributed by atoms with E-state index in [0.717, 1.165) is 17.5 Å². The van der Waals surface area contributed by atoms with Gasteiger partial charge in [0, 0.05) is 25.6 Å². The van der Waals surface area contributed by atoms with Crippen LogP contribution in [-0.4, -0.2) is 59.6 Å². The van der Waals surface area contributed by atoms with Gasteiger partial charge in [0.25, 0.3) is 0 Å². The van der Waals surface area contributed by atoms with E-state index in [4.69, 9.17) is 10.5 Å². The van der Waals surface area contributed by atoms with Crippen molar-refractivity contribution in [2.45, 2.75) is 57.4 Å². The highest BCUT2D eigenvalue weighted by Crippen LogP contribution is 2.34. The van der Waals surface area contributed by atoms with Crippen LogP contribution in [-0.2, 0) is 16.1 Å². The molecule has 0 bridgehead atoms. The van der Waals surface area contributed by atoms with E-state index < -0.39 is 18.2 Å². The Labute approximate surface area is 206 Å². The highest BCUT2D eigenvalue weighted by Gasteiger charge is 2.40. The van der Waals surface area contributed by atoms with E-state index in [1.165, 1.54) is 5.56 Å². The highest BCUT2D eigenvalue weighted by molar-refractivity contribution is 5.85. The number of esters is 1. The Morgan fingerprint density at radius 1 is 1.12 bits per heavy atom. The number of piperidine rings is 1. The summed E-state index contributed by atoms with van der Waals surface area (Å²) in [4.78, 5) is 28.6. The van der Waals surface area contributed by atoms with Crippen LogP contribution in [0.15, 0.2) is 48.5 Å². The molecule has 1 amide bonds. The van der Waals surface area contributed by atoms with Gasteiger partial charge in [0.2, 0.25) is 5.91 Å². The predicted molar refractivity (Wildman–Crippen MR) is 132 cm³/mol. The van der Waals surface area contributed by atoms with E-state index in [9.17, 15) is 9.59 Å². The monoisotopic (exact) mass is 489 g/mol. The van der Waals surface area contributed by atoms with Crippen molar-refractivity contribution in [3.63, 3.8) is 0 Å². The molecular formula is C26H33ClFN3O3. The number of aryl methyl sites for hydroxylation is 1. The van der Waals surface area contributed by atoms with E-state index >= 15 is 4.39 Å². The van der Waals surface area contributed by atoms with Gasteiger partial charge in [-0.2, -0.15) is 0 Å². The summed E-state index contributed by atoms with van der Waals surface area (Å²) >= 11 is 0. The molecule has 2 aromatic rings. The van der Waals surface area contributed by atoms with Gasteiger partial charge in [0.05, 0.1) is 6.04 Å². The molecule has 0 spiro atoms. The number of ether oxygens (including phenoxy) is 1. The van der Waals surface area contributed by atoms with Gasteiger partial charge < -0.3 is 15.4 Å². The van der Waals surface area contributed by atoms with Crippen molar-refractivity contribution in [2.75, 3.05) is 19.6 Å². The Kier molecular flexibility index (Phi) is 8.68. The Balaban J connectivity index is 0.00000324. The molecule has 4 atom stereocenters. The number of rotatable bonds is 6. The van der Waals surface area contributed by atoms with E-state index in [-0.39, 0.29) is 36.8 Å². The molecule has 34 heavy (non-hydrogen) atoms. The molecular weight excluding hydrogens is 457 g/mol. The molecule has 0 radical (unpaired) electrons. The molecule has 2 aliphatic heterocycles. The number of carbonyl (C=O) groups is 2. The first-order valence-corrected chi connectivity index (χ1v) is 11.6. The summed E-state index contributed by atoms with van der Waals surface area (Å²) in [6.07, 6.45) is 0.319. The third kappa shape index (κ3) is 5.95. The number of carbonyl (C=O) groups excluding carboxylic acids is 2. The SMILES string of the molecule is Cc1ccc(CN2CC[C@@H](N3CC[C@@H](c4ccc(OC(=O)[C@H](C)N)cc4)[C@H](F)C3)C2=O)cc1.Cl. The van der Waals surface area contributed by atoms with Crippen LogP contribution in [0, 0.1) is 6.92 Å². The topological polar surface area (TPSA) is 75.9 Å². The van der Waals surface area contributed by atoms with Gasteiger partial charge in [-0.3, -0.25) is 9.69 Å². The van der Waals surface area contributed by atoms with Gasteiger partial charge in [0.15, 0.2) is 0 Å². The predicted octanol–water partition coefficient (Wildman–Crippen LogP) is 3.60. The maximum Gasteiger partial charge on any atom is 0.328 e. The molecule has 184 valence electrons. The molecule has 2 fully saturated rings. The van der Waals surface area contributed by atoms with E-state index in [2.05, 4.69) is 24.3 Å². The van der Waals surface area contributed by atoms with Gasteiger partial charge in [0.1, 0.15) is 18.0 Å². The number of halogens is 2. The third-order valence-electron chi connectivity index (χ3n) is 6.68. The van der Waals surface area contributed by atoms with Crippen LogP contribution in [0.1, 0.15) is 42.4 Å². The number of likely N-dealkylation sites (tertiary alicyclic amines) is 2. The minimum atomic E-state index is -1.06.